The molecule has 2 nitrogen and oxygen atoms in total. The van der Waals surface area contributed by atoms with E-state index in [1.165, 1.54) is 60.1 Å². The van der Waals surface area contributed by atoms with E-state index in [0.29, 0.717) is 6.04 Å². The molecule has 144 valence electrons. The molecule has 8 rings (SSSR count). The molecule has 4 aliphatic carbocycles. The number of nitrogens with zero attached hydrogens (tertiary/aromatic N) is 1. The normalized spacial score (nSPS) is 38.1. The van der Waals surface area contributed by atoms with Gasteiger partial charge in [-0.2, -0.15) is 0 Å². The van der Waals surface area contributed by atoms with E-state index in [9.17, 15) is 0 Å². The maximum absolute atomic E-state index is 6.77. The Morgan fingerprint density at radius 2 is 1.71 bits per heavy atom. The molecule has 1 unspecified atom stereocenters. The minimum atomic E-state index is 0.0764. The van der Waals surface area contributed by atoms with Crippen molar-refractivity contribution >= 4 is 27.3 Å². The Bertz CT molecular complexity index is 1060. The third kappa shape index (κ3) is 1.72. The molecule has 1 spiro atoms. The first-order valence-electron chi connectivity index (χ1n) is 11.0. The van der Waals surface area contributed by atoms with E-state index in [-0.39, 0.29) is 5.54 Å². The van der Waals surface area contributed by atoms with Crippen LogP contribution in [0, 0.1) is 30.6 Å². The highest BCUT2D eigenvalue weighted by Crippen LogP contribution is 2.69. The van der Waals surface area contributed by atoms with Crippen molar-refractivity contribution in [2.45, 2.75) is 57.5 Å². The van der Waals surface area contributed by atoms with Gasteiger partial charge in [0.05, 0.1) is 6.04 Å². The fourth-order valence-electron chi connectivity index (χ4n) is 8.02. The van der Waals surface area contributed by atoms with Crippen molar-refractivity contribution in [3.63, 3.8) is 0 Å². The van der Waals surface area contributed by atoms with Crippen LogP contribution in [0.2, 0.25) is 0 Å². The number of furan rings is 1. The summed E-state index contributed by atoms with van der Waals surface area (Å²) in [5, 5.41) is 3.57. The second-order valence-electron chi connectivity index (χ2n) is 9.93. The van der Waals surface area contributed by atoms with Gasteiger partial charge in [0.15, 0.2) is 4.90 Å². The number of fused-ring (bicyclic) bond motifs is 3. The molecule has 1 aromatic carbocycles. The molecule has 3 aromatic rings. The molecule has 0 saturated heterocycles. The van der Waals surface area contributed by atoms with Crippen LogP contribution in [-0.4, -0.2) is 0 Å². The van der Waals surface area contributed by atoms with Gasteiger partial charge < -0.3 is 9.32 Å². The van der Waals surface area contributed by atoms with Crippen molar-refractivity contribution in [3.8, 4) is 0 Å². The molecule has 28 heavy (non-hydrogen) atoms. The van der Waals surface area contributed by atoms with Crippen LogP contribution < -0.4 is 4.90 Å². The van der Waals surface area contributed by atoms with E-state index in [1.54, 1.807) is 11.3 Å². The Labute approximate surface area is 170 Å². The van der Waals surface area contributed by atoms with E-state index in [0.717, 1.165) is 28.6 Å². The quantitative estimate of drug-likeness (QED) is 0.444. The van der Waals surface area contributed by atoms with Crippen LogP contribution >= 0.6 is 11.3 Å². The number of anilines is 1. The van der Waals surface area contributed by atoms with Crippen LogP contribution in [0.25, 0.3) is 10.3 Å². The SMILES string of the molecule is Cc1ccccc1N1C(C)c2c(oc3sccc23)C12C1CC3CC(C1)CC2C3. The highest BCUT2D eigenvalue weighted by molar-refractivity contribution is 7.16. The molecule has 1 atom stereocenters. The summed E-state index contributed by atoms with van der Waals surface area (Å²) < 4.78 is 6.77. The Balaban J connectivity index is 1.54. The number of aryl methyl sites for hydroxylation is 1. The van der Waals surface area contributed by atoms with Crippen molar-refractivity contribution in [2.24, 2.45) is 23.7 Å². The van der Waals surface area contributed by atoms with Gasteiger partial charge in [-0.05, 0) is 92.7 Å². The van der Waals surface area contributed by atoms with E-state index in [4.69, 9.17) is 4.42 Å². The van der Waals surface area contributed by atoms with Crippen molar-refractivity contribution in [2.75, 3.05) is 4.90 Å². The highest BCUT2D eigenvalue weighted by Gasteiger charge is 2.66. The van der Waals surface area contributed by atoms with E-state index in [2.05, 4.69) is 54.5 Å². The molecule has 2 aromatic heterocycles. The zero-order chi connectivity index (χ0) is 18.6. The molecule has 5 aliphatic rings. The zero-order valence-corrected chi connectivity index (χ0v) is 17.5. The lowest BCUT2D eigenvalue weighted by molar-refractivity contribution is -0.0678. The number of benzene rings is 1. The minimum absolute atomic E-state index is 0.0764. The second-order valence-corrected chi connectivity index (χ2v) is 10.8. The number of para-hydroxylation sites is 1. The molecule has 0 N–H and O–H groups in total. The molecule has 4 bridgehead atoms. The van der Waals surface area contributed by atoms with Gasteiger partial charge >= 0.3 is 0 Å². The number of rotatable bonds is 1. The third-order valence-corrected chi connectivity index (χ3v) is 9.47. The van der Waals surface area contributed by atoms with Gasteiger partial charge in [0.2, 0.25) is 0 Å². The van der Waals surface area contributed by atoms with Crippen molar-refractivity contribution < 1.29 is 4.42 Å². The van der Waals surface area contributed by atoms with Crippen LogP contribution in [0.5, 0.6) is 0 Å². The van der Waals surface area contributed by atoms with Crippen LogP contribution in [-0.2, 0) is 5.54 Å². The molecular weight excluding hydrogens is 362 g/mol. The first-order chi connectivity index (χ1) is 13.7. The number of thiophene rings is 1. The summed E-state index contributed by atoms with van der Waals surface area (Å²) in [6, 6.07) is 11.7. The van der Waals surface area contributed by atoms with Gasteiger partial charge in [0.1, 0.15) is 11.3 Å². The summed E-state index contributed by atoms with van der Waals surface area (Å²) in [5.74, 6) is 4.75. The molecule has 3 heterocycles. The van der Waals surface area contributed by atoms with Crippen LogP contribution in [0.3, 0.4) is 0 Å². The largest absolute Gasteiger partial charge is 0.447 e. The summed E-state index contributed by atoms with van der Waals surface area (Å²) in [6.07, 6.45) is 7.08. The molecule has 4 fully saturated rings. The van der Waals surface area contributed by atoms with E-state index >= 15 is 0 Å². The smallest absolute Gasteiger partial charge is 0.188 e. The van der Waals surface area contributed by atoms with Crippen molar-refractivity contribution in [1.82, 2.24) is 0 Å². The Morgan fingerprint density at radius 1 is 1.00 bits per heavy atom. The van der Waals surface area contributed by atoms with Gasteiger partial charge in [0.25, 0.3) is 0 Å². The summed E-state index contributed by atoms with van der Waals surface area (Å²) in [6.45, 7) is 4.71. The summed E-state index contributed by atoms with van der Waals surface area (Å²) in [5.41, 5.74) is 4.39. The maximum atomic E-state index is 6.77. The topological polar surface area (TPSA) is 16.4 Å². The predicted octanol–water partition coefficient (Wildman–Crippen LogP) is 7.04. The Kier molecular flexibility index (Phi) is 3.01. The van der Waals surface area contributed by atoms with Gasteiger partial charge in [0, 0.05) is 16.6 Å². The van der Waals surface area contributed by atoms with Crippen molar-refractivity contribution in [3.05, 3.63) is 52.6 Å². The van der Waals surface area contributed by atoms with Crippen molar-refractivity contribution in [1.29, 1.82) is 0 Å². The maximum Gasteiger partial charge on any atom is 0.188 e. The predicted molar refractivity (Wildman–Crippen MR) is 115 cm³/mol. The highest BCUT2D eigenvalue weighted by atomic mass is 32.1. The lowest BCUT2D eigenvalue weighted by Crippen LogP contribution is -2.62. The Morgan fingerprint density at radius 3 is 2.43 bits per heavy atom. The molecule has 4 saturated carbocycles. The standard InChI is InChI=1S/C25H27NOS/c1-14-5-3-4-6-21(14)26-15(2)22-20-7-8-28-24(20)27-23(22)25(26)18-10-16-9-17(12-18)13-19(25)11-16/h3-8,15-19H,9-13H2,1-2H3. The van der Waals surface area contributed by atoms with Gasteiger partial charge in [-0.15, -0.1) is 11.3 Å². The minimum Gasteiger partial charge on any atom is -0.447 e. The zero-order valence-electron chi connectivity index (χ0n) is 16.7. The molecule has 1 aliphatic heterocycles. The van der Waals surface area contributed by atoms with E-state index < -0.39 is 0 Å². The van der Waals surface area contributed by atoms with Crippen LogP contribution in [0.1, 0.15) is 62.0 Å². The number of hydrogen-bond acceptors (Lipinski definition) is 3. The molecular formula is C25H27NOS. The lowest BCUT2D eigenvalue weighted by Gasteiger charge is -2.63. The second kappa shape index (κ2) is 5.24. The molecule has 3 heteroatoms. The Hall–Kier alpha value is -1.74. The molecule has 0 amide bonds. The third-order valence-electron chi connectivity index (χ3n) is 8.68. The fraction of sp³-hybridized carbons (Fsp3) is 0.520. The van der Waals surface area contributed by atoms with Gasteiger partial charge in [-0.1, -0.05) is 18.2 Å². The van der Waals surface area contributed by atoms with Crippen LogP contribution in [0.4, 0.5) is 5.69 Å². The summed E-state index contributed by atoms with van der Waals surface area (Å²) in [4.78, 5) is 3.98. The monoisotopic (exact) mass is 389 g/mol. The summed E-state index contributed by atoms with van der Waals surface area (Å²) in [7, 11) is 0. The first kappa shape index (κ1) is 16.1. The van der Waals surface area contributed by atoms with Gasteiger partial charge in [-0.3, -0.25) is 0 Å². The van der Waals surface area contributed by atoms with Crippen LogP contribution in [0.15, 0.2) is 40.1 Å². The fourth-order valence-corrected chi connectivity index (χ4v) is 8.79. The molecule has 0 radical (unpaired) electrons. The lowest BCUT2D eigenvalue weighted by atomic mass is 9.48. The average molecular weight is 390 g/mol. The average Bonchev–Trinajstić information content (AvgIpc) is 3.31. The van der Waals surface area contributed by atoms with E-state index in [1.807, 2.05) is 0 Å². The first-order valence-corrected chi connectivity index (χ1v) is 11.9. The van der Waals surface area contributed by atoms with Gasteiger partial charge in [-0.25, -0.2) is 0 Å². The summed E-state index contributed by atoms with van der Waals surface area (Å²) >= 11 is 1.77. The number of hydrogen-bond donors (Lipinski definition) is 0.